The maximum atomic E-state index is 6.03. The van der Waals surface area contributed by atoms with E-state index in [9.17, 15) is 0 Å². The topological polar surface area (TPSA) is 17.8 Å². The molecular formula is C12H14Cl2N2. The molecule has 0 bridgehead atoms. The van der Waals surface area contributed by atoms with Gasteiger partial charge in [0.05, 0.1) is 21.1 Å². The van der Waals surface area contributed by atoms with Gasteiger partial charge in [-0.2, -0.15) is 0 Å². The standard InChI is InChI=1S/C12H14Cl2N2/c1-4-16-11-6-9(14)8(13)5-10(11)15-12(16)7(2)3/h5-7H,4H2,1-3H3. The van der Waals surface area contributed by atoms with E-state index in [1.54, 1.807) is 0 Å². The molecule has 0 spiro atoms. The molecule has 2 aromatic rings. The van der Waals surface area contributed by atoms with Crippen molar-refractivity contribution in [3.05, 3.63) is 28.0 Å². The minimum atomic E-state index is 0.393. The molecule has 2 nitrogen and oxygen atoms in total. The Balaban J connectivity index is 2.77. The smallest absolute Gasteiger partial charge is 0.112 e. The van der Waals surface area contributed by atoms with Gasteiger partial charge in [-0.25, -0.2) is 4.98 Å². The van der Waals surface area contributed by atoms with Gasteiger partial charge in [0.1, 0.15) is 5.82 Å². The van der Waals surface area contributed by atoms with E-state index in [-0.39, 0.29) is 0 Å². The van der Waals surface area contributed by atoms with E-state index in [0.717, 1.165) is 23.4 Å². The fourth-order valence-corrected chi connectivity index (χ4v) is 2.23. The summed E-state index contributed by atoms with van der Waals surface area (Å²) < 4.78 is 2.18. The Bertz CT molecular complexity index is 529. The van der Waals surface area contributed by atoms with Crippen molar-refractivity contribution in [2.24, 2.45) is 0 Å². The Labute approximate surface area is 105 Å². The molecule has 2 rings (SSSR count). The summed E-state index contributed by atoms with van der Waals surface area (Å²) in [6, 6.07) is 3.72. The predicted molar refractivity (Wildman–Crippen MR) is 69.5 cm³/mol. The average molecular weight is 257 g/mol. The number of hydrogen-bond acceptors (Lipinski definition) is 1. The zero-order valence-corrected chi connectivity index (χ0v) is 11.1. The molecule has 4 heteroatoms. The maximum absolute atomic E-state index is 6.03. The number of aryl methyl sites for hydroxylation is 1. The van der Waals surface area contributed by atoms with Crippen molar-refractivity contribution in [3.8, 4) is 0 Å². The molecular weight excluding hydrogens is 243 g/mol. The van der Waals surface area contributed by atoms with Crippen molar-refractivity contribution in [3.63, 3.8) is 0 Å². The van der Waals surface area contributed by atoms with E-state index < -0.39 is 0 Å². The second kappa shape index (κ2) is 4.27. The maximum Gasteiger partial charge on any atom is 0.112 e. The Kier molecular flexibility index (Phi) is 3.13. The van der Waals surface area contributed by atoms with Crippen molar-refractivity contribution in [1.82, 2.24) is 9.55 Å². The van der Waals surface area contributed by atoms with E-state index >= 15 is 0 Å². The van der Waals surface area contributed by atoms with Gasteiger partial charge in [-0.1, -0.05) is 37.0 Å². The van der Waals surface area contributed by atoms with Gasteiger partial charge >= 0.3 is 0 Å². The van der Waals surface area contributed by atoms with Crippen LogP contribution in [-0.4, -0.2) is 9.55 Å². The molecule has 0 radical (unpaired) electrons. The lowest BCUT2D eigenvalue weighted by molar-refractivity contribution is 0.667. The Morgan fingerprint density at radius 3 is 2.44 bits per heavy atom. The molecule has 0 N–H and O–H groups in total. The highest BCUT2D eigenvalue weighted by atomic mass is 35.5. The van der Waals surface area contributed by atoms with Gasteiger partial charge in [-0.3, -0.25) is 0 Å². The Morgan fingerprint density at radius 1 is 1.25 bits per heavy atom. The molecule has 0 saturated carbocycles. The van der Waals surface area contributed by atoms with Crippen molar-refractivity contribution in [2.45, 2.75) is 33.2 Å². The van der Waals surface area contributed by atoms with Gasteiger partial charge in [-0.05, 0) is 19.1 Å². The van der Waals surface area contributed by atoms with E-state index in [1.165, 1.54) is 0 Å². The predicted octanol–water partition coefficient (Wildman–Crippen LogP) is 4.49. The fourth-order valence-electron chi connectivity index (χ4n) is 1.91. The number of fused-ring (bicyclic) bond motifs is 1. The summed E-state index contributed by atoms with van der Waals surface area (Å²) in [5.74, 6) is 1.47. The quantitative estimate of drug-likeness (QED) is 0.775. The normalized spacial score (nSPS) is 11.6. The van der Waals surface area contributed by atoms with Crippen molar-refractivity contribution < 1.29 is 0 Å². The third-order valence-corrected chi connectivity index (χ3v) is 3.37. The first-order chi connectivity index (χ1) is 7.54. The van der Waals surface area contributed by atoms with Crippen LogP contribution in [-0.2, 0) is 6.54 Å². The van der Waals surface area contributed by atoms with Gasteiger partial charge in [0, 0.05) is 12.5 Å². The second-order valence-corrected chi connectivity index (χ2v) is 4.94. The molecule has 0 atom stereocenters. The van der Waals surface area contributed by atoms with Crippen LogP contribution < -0.4 is 0 Å². The number of hydrogen-bond donors (Lipinski definition) is 0. The van der Waals surface area contributed by atoms with Crippen LogP contribution in [0.5, 0.6) is 0 Å². The number of benzene rings is 1. The van der Waals surface area contributed by atoms with Gasteiger partial charge in [0.15, 0.2) is 0 Å². The van der Waals surface area contributed by atoms with Crippen LogP contribution in [0.2, 0.25) is 10.0 Å². The fraction of sp³-hybridized carbons (Fsp3) is 0.417. The molecule has 1 aromatic heterocycles. The van der Waals surface area contributed by atoms with E-state index in [2.05, 4.69) is 30.3 Å². The van der Waals surface area contributed by atoms with Crippen LogP contribution in [0, 0.1) is 0 Å². The largest absolute Gasteiger partial charge is 0.328 e. The highest BCUT2D eigenvalue weighted by Crippen LogP contribution is 2.29. The molecule has 0 amide bonds. The molecule has 1 heterocycles. The van der Waals surface area contributed by atoms with Crippen molar-refractivity contribution in [1.29, 1.82) is 0 Å². The lowest BCUT2D eigenvalue weighted by Crippen LogP contribution is -2.03. The molecule has 0 aliphatic heterocycles. The molecule has 0 saturated heterocycles. The summed E-state index contributed by atoms with van der Waals surface area (Å²) in [4.78, 5) is 4.60. The van der Waals surface area contributed by atoms with Crippen LogP contribution in [0.3, 0.4) is 0 Å². The minimum Gasteiger partial charge on any atom is -0.328 e. The number of imidazole rings is 1. The summed E-state index contributed by atoms with van der Waals surface area (Å²) in [6.45, 7) is 7.27. The van der Waals surface area contributed by atoms with E-state index in [0.29, 0.717) is 16.0 Å². The summed E-state index contributed by atoms with van der Waals surface area (Å²) in [6.07, 6.45) is 0. The molecule has 0 aliphatic carbocycles. The molecule has 0 aliphatic rings. The highest BCUT2D eigenvalue weighted by molar-refractivity contribution is 6.42. The van der Waals surface area contributed by atoms with E-state index in [1.807, 2.05) is 12.1 Å². The van der Waals surface area contributed by atoms with Crippen molar-refractivity contribution in [2.75, 3.05) is 0 Å². The first-order valence-corrected chi connectivity index (χ1v) is 6.15. The zero-order valence-electron chi connectivity index (χ0n) is 9.59. The van der Waals surface area contributed by atoms with Crippen molar-refractivity contribution >= 4 is 34.2 Å². The third-order valence-electron chi connectivity index (χ3n) is 2.65. The van der Waals surface area contributed by atoms with Crippen LogP contribution in [0.25, 0.3) is 11.0 Å². The summed E-state index contributed by atoms with van der Waals surface area (Å²) in [5.41, 5.74) is 1.97. The second-order valence-electron chi connectivity index (χ2n) is 4.12. The zero-order chi connectivity index (χ0) is 11.9. The average Bonchev–Trinajstić information content (AvgIpc) is 2.57. The Hall–Kier alpha value is -0.730. The molecule has 86 valence electrons. The van der Waals surface area contributed by atoms with Gasteiger partial charge < -0.3 is 4.57 Å². The lowest BCUT2D eigenvalue weighted by atomic mass is 10.2. The molecule has 0 fully saturated rings. The Morgan fingerprint density at radius 2 is 1.88 bits per heavy atom. The van der Waals surface area contributed by atoms with E-state index in [4.69, 9.17) is 23.2 Å². The van der Waals surface area contributed by atoms with Crippen LogP contribution >= 0.6 is 23.2 Å². The number of nitrogens with zero attached hydrogens (tertiary/aromatic N) is 2. The number of aromatic nitrogens is 2. The third kappa shape index (κ3) is 1.80. The first kappa shape index (κ1) is 11.7. The summed E-state index contributed by atoms with van der Waals surface area (Å²) in [7, 11) is 0. The number of halogens is 2. The number of rotatable bonds is 2. The molecule has 16 heavy (non-hydrogen) atoms. The first-order valence-electron chi connectivity index (χ1n) is 5.39. The van der Waals surface area contributed by atoms with Crippen LogP contribution in [0.15, 0.2) is 12.1 Å². The van der Waals surface area contributed by atoms with Gasteiger partial charge in [0.2, 0.25) is 0 Å². The van der Waals surface area contributed by atoms with Gasteiger partial charge in [0.25, 0.3) is 0 Å². The summed E-state index contributed by atoms with van der Waals surface area (Å²) in [5, 5.41) is 1.14. The van der Waals surface area contributed by atoms with Gasteiger partial charge in [-0.15, -0.1) is 0 Å². The van der Waals surface area contributed by atoms with Crippen LogP contribution in [0.4, 0.5) is 0 Å². The monoisotopic (exact) mass is 256 g/mol. The minimum absolute atomic E-state index is 0.393. The molecule has 0 unspecified atom stereocenters. The summed E-state index contributed by atoms with van der Waals surface area (Å²) >= 11 is 12.0. The molecule has 1 aromatic carbocycles. The SMILES string of the molecule is CCn1c(C(C)C)nc2cc(Cl)c(Cl)cc21. The van der Waals surface area contributed by atoms with Crippen LogP contribution in [0.1, 0.15) is 32.5 Å². The lowest BCUT2D eigenvalue weighted by Gasteiger charge is -2.08. The highest BCUT2D eigenvalue weighted by Gasteiger charge is 2.13.